The molecule has 0 aromatic heterocycles. The molecule has 0 spiro atoms. The molecule has 0 heterocycles. The highest BCUT2D eigenvalue weighted by Crippen LogP contribution is 2.41. The van der Waals surface area contributed by atoms with E-state index in [4.69, 9.17) is 0 Å². The van der Waals surface area contributed by atoms with Crippen LogP contribution in [0.3, 0.4) is 0 Å². The van der Waals surface area contributed by atoms with E-state index in [1.165, 1.54) is 36.8 Å². The molecule has 1 aromatic rings. The summed E-state index contributed by atoms with van der Waals surface area (Å²) in [5, 5.41) is 0. The zero-order valence-corrected chi connectivity index (χ0v) is 11.8. The second-order valence-corrected chi connectivity index (χ2v) is 6.25. The van der Waals surface area contributed by atoms with Gasteiger partial charge in [0.1, 0.15) is 0 Å². The highest BCUT2D eigenvalue weighted by atomic mass is 79.9. The van der Waals surface area contributed by atoms with Crippen molar-refractivity contribution >= 4 is 15.9 Å². The number of hydrogen-bond donors (Lipinski definition) is 0. The Morgan fingerprint density at radius 2 is 1.50 bits per heavy atom. The van der Waals surface area contributed by atoms with Crippen molar-refractivity contribution in [3.05, 3.63) is 35.4 Å². The van der Waals surface area contributed by atoms with Crippen molar-refractivity contribution < 1.29 is 0 Å². The van der Waals surface area contributed by atoms with Crippen LogP contribution >= 0.6 is 15.9 Å². The molecule has 16 heavy (non-hydrogen) atoms. The zero-order chi connectivity index (χ0) is 11.5. The van der Waals surface area contributed by atoms with Crippen molar-refractivity contribution in [2.24, 2.45) is 5.92 Å². The van der Waals surface area contributed by atoms with Crippen LogP contribution in [0, 0.1) is 5.92 Å². The molecule has 0 nitrogen and oxygen atoms in total. The molecule has 0 bridgehead atoms. The molecular formula is C15H21Br. The maximum atomic E-state index is 3.87. The summed E-state index contributed by atoms with van der Waals surface area (Å²) in [5.41, 5.74) is 2.89. The van der Waals surface area contributed by atoms with Gasteiger partial charge in [-0.15, -0.1) is 0 Å². The molecule has 1 heteroatoms. The first kappa shape index (κ1) is 12.2. The lowest BCUT2D eigenvalue weighted by Crippen LogP contribution is -2.03. The van der Waals surface area contributed by atoms with E-state index in [2.05, 4.69) is 54.0 Å². The second kappa shape index (κ2) is 5.35. The molecule has 1 fully saturated rings. The molecular weight excluding hydrogens is 260 g/mol. The third-order valence-corrected chi connectivity index (χ3v) is 5.01. The molecule has 0 radical (unpaired) electrons. The molecule has 1 saturated carbocycles. The van der Waals surface area contributed by atoms with Crippen molar-refractivity contribution in [3.63, 3.8) is 0 Å². The van der Waals surface area contributed by atoms with E-state index in [0.29, 0.717) is 10.7 Å². The topological polar surface area (TPSA) is 0 Å². The molecule has 0 N–H and O–H groups in total. The Kier molecular flexibility index (Phi) is 4.07. The fraction of sp³-hybridized carbons (Fsp3) is 0.600. The Morgan fingerprint density at radius 1 is 1.00 bits per heavy atom. The fourth-order valence-corrected chi connectivity index (χ4v) is 3.42. The minimum absolute atomic E-state index is 0.566. The van der Waals surface area contributed by atoms with E-state index in [1.807, 2.05) is 0 Å². The van der Waals surface area contributed by atoms with E-state index in [1.54, 1.807) is 0 Å². The number of alkyl halides is 1. The Labute approximate surface area is 108 Å². The Bertz CT molecular complexity index is 320. The lowest BCUT2D eigenvalue weighted by atomic mass is 9.95. The molecule has 1 aliphatic carbocycles. The van der Waals surface area contributed by atoms with Crippen LogP contribution < -0.4 is 0 Å². The summed E-state index contributed by atoms with van der Waals surface area (Å²) in [6, 6.07) is 9.16. The molecule has 0 aliphatic heterocycles. The minimum Gasteiger partial charge on any atom is -0.0836 e. The average molecular weight is 281 g/mol. The van der Waals surface area contributed by atoms with Gasteiger partial charge in [-0.3, -0.25) is 0 Å². The predicted molar refractivity (Wildman–Crippen MR) is 74.2 cm³/mol. The summed E-state index contributed by atoms with van der Waals surface area (Å²) >= 11 is 3.87. The van der Waals surface area contributed by atoms with Gasteiger partial charge in [0.2, 0.25) is 0 Å². The summed E-state index contributed by atoms with van der Waals surface area (Å²) in [7, 11) is 0. The van der Waals surface area contributed by atoms with Crippen LogP contribution in [0.2, 0.25) is 0 Å². The van der Waals surface area contributed by atoms with Crippen LogP contribution in [0.15, 0.2) is 24.3 Å². The van der Waals surface area contributed by atoms with Crippen LogP contribution in [-0.2, 0) is 0 Å². The van der Waals surface area contributed by atoms with Gasteiger partial charge in [-0.05, 0) is 35.8 Å². The molecule has 1 aliphatic rings. The van der Waals surface area contributed by atoms with Gasteiger partial charge < -0.3 is 0 Å². The molecule has 0 amide bonds. The number of rotatable bonds is 3. The summed E-state index contributed by atoms with van der Waals surface area (Å²) in [6.07, 6.45) is 5.61. The van der Waals surface area contributed by atoms with Crippen molar-refractivity contribution in [1.82, 2.24) is 0 Å². The third kappa shape index (κ3) is 2.68. The quantitative estimate of drug-likeness (QED) is 0.647. The second-order valence-electron chi connectivity index (χ2n) is 5.27. The monoisotopic (exact) mass is 280 g/mol. The molecule has 1 atom stereocenters. The van der Waals surface area contributed by atoms with Crippen LogP contribution in [-0.4, -0.2) is 0 Å². The first-order valence-electron chi connectivity index (χ1n) is 6.42. The summed E-state index contributed by atoms with van der Waals surface area (Å²) in [5.74, 6) is 1.49. The van der Waals surface area contributed by atoms with Gasteiger partial charge in [0.05, 0.1) is 0 Å². The van der Waals surface area contributed by atoms with Gasteiger partial charge in [-0.2, -0.15) is 0 Å². The van der Waals surface area contributed by atoms with Gasteiger partial charge in [0, 0.05) is 4.83 Å². The SMILES string of the molecule is CC(C)c1ccc(C(Br)C2CCCC2)cc1. The van der Waals surface area contributed by atoms with Crippen molar-refractivity contribution in [3.8, 4) is 0 Å². The van der Waals surface area contributed by atoms with E-state index in [0.717, 1.165) is 5.92 Å². The van der Waals surface area contributed by atoms with Crippen molar-refractivity contribution in [2.45, 2.75) is 50.3 Å². The smallest absolute Gasteiger partial charge is 0.0423 e. The van der Waals surface area contributed by atoms with E-state index in [-0.39, 0.29) is 0 Å². The van der Waals surface area contributed by atoms with Crippen molar-refractivity contribution in [1.29, 1.82) is 0 Å². The molecule has 2 rings (SSSR count). The Balaban J connectivity index is 2.08. The van der Waals surface area contributed by atoms with Gasteiger partial charge >= 0.3 is 0 Å². The number of hydrogen-bond acceptors (Lipinski definition) is 0. The van der Waals surface area contributed by atoms with Crippen LogP contribution in [0.4, 0.5) is 0 Å². The van der Waals surface area contributed by atoms with Gasteiger partial charge in [0.25, 0.3) is 0 Å². The summed E-state index contributed by atoms with van der Waals surface area (Å²) in [4.78, 5) is 0.566. The van der Waals surface area contributed by atoms with Crippen LogP contribution in [0.25, 0.3) is 0 Å². The molecule has 1 unspecified atom stereocenters. The maximum absolute atomic E-state index is 3.87. The third-order valence-electron chi connectivity index (χ3n) is 3.74. The first-order chi connectivity index (χ1) is 7.68. The Hall–Kier alpha value is -0.300. The van der Waals surface area contributed by atoms with Gasteiger partial charge in [0.15, 0.2) is 0 Å². The summed E-state index contributed by atoms with van der Waals surface area (Å²) in [6.45, 7) is 4.50. The Morgan fingerprint density at radius 3 is 2.00 bits per heavy atom. The minimum atomic E-state index is 0.566. The molecule has 1 aromatic carbocycles. The molecule has 0 saturated heterocycles. The highest BCUT2D eigenvalue weighted by molar-refractivity contribution is 9.09. The largest absolute Gasteiger partial charge is 0.0836 e. The first-order valence-corrected chi connectivity index (χ1v) is 7.34. The van der Waals surface area contributed by atoms with Crippen LogP contribution in [0.5, 0.6) is 0 Å². The van der Waals surface area contributed by atoms with Crippen LogP contribution in [0.1, 0.15) is 61.4 Å². The summed E-state index contributed by atoms with van der Waals surface area (Å²) < 4.78 is 0. The van der Waals surface area contributed by atoms with Gasteiger partial charge in [-0.1, -0.05) is 66.9 Å². The standard InChI is InChI=1S/C15H21Br/c1-11(2)12-7-9-14(10-8-12)15(16)13-5-3-4-6-13/h7-11,13,15H,3-6H2,1-2H3. The van der Waals surface area contributed by atoms with Crippen molar-refractivity contribution in [2.75, 3.05) is 0 Å². The highest BCUT2D eigenvalue weighted by Gasteiger charge is 2.23. The van der Waals surface area contributed by atoms with E-state index < -0.39 is 0 Å². The average Bonchev–Trinajstić information content (AvgIpc) is 2.81. The van der Waals surface area contributed by atoms with Gasteiger partial charge in [-0.25, -0.2) is 0 Å². The fourth-order valence-electron chi connectivity index (χ4n) is 2.59. The van der Waals surface area contributed by atoms with E-state index >= 15 is 0 Å². The number of benzene rings is 1. The zero-order valence-electron chi connectivity index (χ0n) is 10.2. The maximum Gasteiger partial charge on any atom is 0.0423 e. The lowest BCUT2D eigenvalue weighted by molar-refractivity contribution is 0.542. The number of halogens is 1. The predicted octanol–water partition coefficient (Wildman–Crippen LogP) is 5.44. The molecule has 88 valence electrons. The normalized spacial score (nSPS) is 19.2. The lowest BCUT2D eigenvalue weighted by Gasteiger charge is -2.18. The van der Waals surface area contributed by atoms with E-state index in [9.17, 15) is 0 Å².